The predicted octanol–water partition coefficient (Wildman–Crippen LogP) is 7.67. The van der Waals surface area contributed by atoms with Crippen molar-refractivity contribution in [1.29, 1.82) is 0 Å². The lowest BCUT2D eigenvalue weighted by Gasteiger charge is -2.39. The zero-order valence-electron chi connectivity index (χ0n) is 23.1. The Morgan fingerprint density at radius 2 is 1.84 bits per heavy atom. The Bertz CT molecular complexity index is 1160. The van der Waals surface area contributed by atoms with Crippen molar-refractivity contribution >= 4 is 0 Å². The highest BCUT2D eigenvalue weighted by Crippen LogP contribution is 2.34. The van der Waals surface area contributed by atoms with Crippen molar-refractivity contribution in [2.24, 2.45) is 10.6 Å². The molecule has 0 aliphatic carbocycles. The van der Waals surface area contributed by atoms with Crippen LogP contribution in [0.2, 0.25) is 0 Å². The van der Waals surface area contributed by atoms with Gasteiger partial charge in [-0.1, -0.05) is 55.4 Å². The normalized spacial score (nSPS) is 19.2. The molecule has 2 aromatic rings. The minimum absolute atomic E-state index is 0.235. The number of benzene rings is 2. The van der Waals surface area contributed by atoms with E-state index in [0.717, 1.165) is 63.5 Å². The Labute approximate surface area is 224 Å². The Morgan fingerprint density at radius 3 is 2.53 bits per heavy atom. The van der Waals surface area contributed by atoms with Gasteiger partial charge in [0.25, 0.3) is 0 Å². The molecule has 2 aliphatic heterocycles. The molecule has 0 amide bonds. The molecule has 0 saturated carbocycles. The SMILES string of the molecule is Cc1c(CN2CCc3cc(C/C(=C/CC(C)N=O)N4CCC(C)(C)CC4)ccc3C2)cccc1C(F)(F)F. The maximum Gasteiger partial charge on any atom is 0.416 e. The summed E-state index contributed by atoms with van der Waals surface area (Å²) >= 11 is 0. The van der Waals surface area contributed by atoms with Crippen LogP contribution >= 0.6 is 0 Å². The van der Waals surface area contributed by atoms with Gasteiger partial charge in [0.15, 0.2) is 0 Å². The highest BCUT2D eigenvalue weighted by atomic mass is 19.4. The van der Waals surface area contributed by atoms with Crippen LogP contribution in [0.25, 0.3) is 0 Å². The second-order valence-corrected chi connectivity index (χ2v) is 11.9. The molecule has 2 aliphatic rings. The van der Waals surface area contributed by atoms with Gasteiger partial charge in [0.1, 0.15) is 0 Å². The van der Waals surface area contributed by atoms with Crippen LogP contribution in [0.3, 0.4) is 0 Å². The zero-order valence-corrected chi connectivity index (χ0v) is 23.1. The highest BCUT2D eigenvalue weighted by molar-refractivity contribution is 5.38. The number of piperidine rings is 1. The molecule has 1 saturated heterocycles. The van der Waals surface area contributed by atoms with Crippen LogP contribution in [0.1, 0.15) is 73.4 Å². The Hall–Kier alpha value is -2.67. The summed E-state index contributed by atoms with van der Waals surface area (Å²) in [6.07, 6.45) is 2.52. The fourth-order valence-corrected chi connectivity index (χ4v) is 5.58. The summed E-state index contributed by atoms with van der Waals surface area (Å²) in [5.74, 6) is 0. The van der Waals surface area contributed by atoms with Crippen LogP contribution in [0.15, 0.2) is 53.3 Å². The Kier molecular flexibility index (Phi) is 8.65. The molecule has 0 N–H and O–H groups in total. The molecule has 7 heteroatoms. The lowest BCUT2D eigenvalue weighted by atomic mass is 9.82. The monoisotopic (exact) mass is 527 g/mol. The first-order valence-electron chi connectivity index (χ1n) is 13.7. The van der Waals surface area contributed by atoms with E-state index in [1.54, 1.807) is 13.0 Å². The van der Waals surface area contributed by atoms with Crippen molar-refractivity contribution in [2.45, 2.75) is 85.1 Å². The minimum atomic E-state index is -4.33. The number of hydrogen-bond acceptors (Lipinski definition) is 4. The third kappa shape index (κ3) is 7.04. The molecule has 4 rings (SSSR count). The number of nitroso groups, excluding NO2 is 1. The van der Waals surface area contributed by atoms with Crippen LogP contribution in [0.5, 0.6) is 0 Å². The number of nitrogens with zero attached hydrogens (tertiary/aromatic N) is 3. The summed E-state index contributed by atoms with van der Waals surface area (Å²) in [7, 11) is 0. The van der Waals surface area contributed by atoms with Crippen LogP contribution in [0.4, 0.5) is 13.2 Å². The molecular formula is C31H40F3N3O. The quantitative estimate of drug-likeness (QED) is 0.331. The molecule has 0 bridgehead atoms. The number of allylic oxidation sites excluding steroid dienone is 1. The lowest BCUT2D eigenvalue weighted by molar-refractivity contribution is -0.138. The van der Waals surface area contributed by atoms with Gasteiger partial charge >= 0.3 is 6.18 Å². The van der Waals surface area contributed by atoms with E-state index in [1.807, 2.05) is 6.92 Å². The number of halogens is 3. The van der Waals surface area contributed by atoms with Gasteiger partial charge < -0.3 is 4.90 Å². The number of hydrogen-bond donors (Lipinski definition) is 0. The molecule has 1 unspecified atom stereocenters. The molecule has 1 atom stereocenters. The van der Waals surface area contributed by atoms with Gasteiger partial charge in [0.2, 0.25) is 0 Å². The number of likely N-dealkylation sites (tertiary alicyclic amines) is 1. The summed E-state index contributed by atoms with van der Waals surface area (Å²) in [4.78, 5) is 15.7. The first-order chi connectivity index (χ1) is 17.9. The maximum atomic E-state index is 13.4. The third-order valence-corrected chi connectivity index (χ3v) is 8.29. The van der Waals surface area contributed by atoms with Crippen LogP contribution in [-0.2, 0) is 32.1 Å². The van der Waals surface area contributed by atoms with Crippen LogP contribution in [-0.4, -0.2) is 35.5 Å². The van der Waals surface area contributed by atoms with Crippen molar-refractivity contribution < 1.29 is 13.2 Å². The fourth-order valence-electron chi connectivity index (χ4n) is 5.58. The van der Waals surface area contributed by atoms with E-state index < -0.39 is 11.7 Å². The van der Waals surface area contributed by atoms with Crippen molar-refractivity contribution in [3.8, 4) is 0 Å². The molecule has 2 heterocycles. The van der Waals surface area contributed by atoms with E-state index in [4.69, 9.17) is 0 Å². The summed E-state index contributed by atoms with van der Waals surface area (Å²) in [6.45, 7) is 12.2. The molecule has 206 valence electrons. The Morgan fingerprint density at radius 1 is 1.11 bits per heavy atom. The van der Waals surface area contributed by atoms with E-state index in [2.05, 4.69) is 53.1 Å². The molecule has 38 heavy (non-hydrogen) atoms. The number of fused-ring (bicyclic) bond motifs is 1. The van der Waals surface area contributed by atoms with E-state index >= 15 is 0 Å². The molecular weight excluding hydrogens is 487 g/mol. The van der Waals surface area contributed by atoms with E-state index in [9.17, 15) is 18.1 Å². The molecule has 4 nitrogen and oxygen atoms in total. The summed E-state index contributed by atoms with van der Waals surface area (Å²) in [5, 5.41) is 3.18. The van der Waals surface area contributed by atoms with E-state index in [-0.39, 0.29) is 6.04 Å². The lowest BCUT2D eigenvalue weighted by Crippen LogP contribution is -2.37. The van der Waals surface area contributed by atoms with Gasteiger partial charge in [-0.2, -0.15) is 18.1 Å². The van der Waals surface area contributed by atoms with Crippen LogP contribution in [0, 0.1) is 17.2 Å². The average molecular weight is 528 g/mol. The predicted molar refractivity (Wildman–Crippen MR) is 147 cm³/mol. The molecule has 1 fully saturated rings. The number of alkyl halides is 3. The highest BCUT2D eigenvalue weighted by Gasteiger charge is 2.33. The zero-order chi connectivity index (χ0) is 27.5. The standard InChI is InChI=1S/C31H40F3N3O/c1-22(35-38)8-11-28(37-16-13-30(3,4)14-17-37)19-24-9-10-27-21-36(15-12-25(27)18-24)20-26-6-5-7-29(23(26)2)31(32,33)34/h5-7,9-11,18,22H,8,12-17,19-21H2,1-4H3/b28-11-. The topological polar surface area (TPSA) is 35.9 Å². The Balaban J connectivity index is 1.46. The average Bonchev–Trinajstić information content (AvgIpc) is 2.87. The summed E-state index contributed by atoms with van der Waals surface area (Å²) < 4.78 is 40.1. The molecule has 0 radical (unpaired) electrons. The molecule has 0 spiro atoms. The van der Waals surface area contributed by atoms with Gasteiger partial charge in [-0.15, -0.1) is 0 Å². The number of rotatable bonds is 8. The van der Waals surface area contributed by atoms with Crippen molar-refractivity contribution in [3.63, 3.8) is 0 Å². The van der Waals surface area contributed by atoms with E-state index in [0.29, 0.717) is 23.9 Å². The first-order valence-corrected chi connectivity index (χ1v) is 13.7. The van der Waals surface area contributed by atoms with Crippen molar-refractivity contribution in [3.05, 3.63) is 86.5 Å². The largest absolute Gasteiger partial charge is 0.416 e. The molecule has 2 aromatic carbocycles. The second kappa shape index (κ2) is 11.6. The molecule has 0 aromatic heterocycles. The summed E-state index contributed by atoms with van der Waals surface area (Å²) in [6, 6.07) is 10.9. The summed E-state index contributed by atoms with van der Waals surface area (Å²) in [5.41, 5.74) is 5.97. The fraction of sp³-hybridized carbons (Fsp3) is 0.548. The van der Waals surface area contributed by atoms with Gasteiger partial charge in [0.05, 0.1) is 11.6 Å². The third-order valence-electron chi connectivity index (χ3n) is 8.29. The van der Waals surface area contributed by atoms with Gasteiger partial charge in [0, 0.05) is 44.8 Å². The van der Waals surface area contributed by atoms with Gasteiger partial charge in [-0.3, -0.25) is 4.90 Å². The second-order valence-electron chi connectivity index (χ2n) is 11.9. The van der Waals surface area contributed by atoms with Crippen molar-refractivity contribution in [1.82, 2.24) is 9.80 Å². The van der Waals surface area contributed by atoms with Gasteiger partial charge in [-0.25, -0.2) is 0 Å². The minimum Gasteiger partial charge on any atom is -0.375 e. The van der Waals surface area contributed by atoms with E-state index in [1.165, 1.54) is 28.5 Å². The van der Waals surface area contributed by atoms with Crippen LogP contribution < -0.4 is 0 Å². The first kappa shape index (κ1) is 28.3. The van der Waals surface area contributed by atoms with Gasteiger partial charge in [-0.05, 0) is 78.8 Å². The maximum absolute atomic E-state index is 13.4. The van der Waals surface area contributed by atoms with Crippen molar-refractivity contribution in [2.75, 3.05) is 19.6 Å². The smallest absolute Gasteiger partial charge is 0.375 e.